The van der Waals surface area contributed by atoms with Crippen LogP contribution < -0.4 is 5.32 Å². The van der Waals surface area contributed by atoms with Crippen LogP contribution in [-0.4, -0.2) is 51.8 Å². The van der Waals surface area contributed by atoms with Crippen molar-refractivity contribution < 1.29 is 19.4 Å². The average molecular weight is 354 g/mol. The lowest BCUT2D eigenvalue weighted by Crippen LogP contribution is -2.55. The summed E-state index contributed by atoms with van der Waals surface area (Å²) in [4.78, 5) is 26.5. The van der Waals surface area contributed by atoms with Gasteiger partial charge in [0.05, 0.1) is 0 Å². The molecule has 3 atom stereocenters. The number of rotatable bonds is 6. The van der Waals surface area contributed by atoms with E-state index >= 15 is 0 Å². The quantitative estimate of drug-likeness (QED) is 0.764. The molecule has 144 valence electrons. The Balaban J connectivity index is 2.05. The summed E-state index contributed by atoms with van der Waals surface area (Å²) in [5, 5.41) is 12.3. The van der Waals surface area contributed by atoms with Gasteiger partial charge in [0, 0.05) is 18.1 Å². The lowest BCUT2D eigenvalue weighted by atomic mass is 9.83. The molecule has 0 radical (unpaired) electrons. The number of carboxylic acid groups (broad SMARTS) is 1. The Morgan fingerprint density at radius 1 is 1.16 bits per heavy atom. The van der Waals surface area contributed by atoms with Gasteiger partial charge in [-0.05, 0) is 65.2 Å². The number of alkyl carbamates (subject to hydrolysis) is 1. The van der Waals surface area contributed by atoms with Crippen molar-refractivity contribution in [2.45, 2.75) is 103 Å². The summed E-state index contributed by atoms with van der Waals surface area (Å²) in [5.74, 6) is -1.00. The largest absolute Gasteiger partial charge is 0.480 e. The van der Waals surface area contributed by atoms with E-state index in [1.54, 1.807) is 20.8 Å². The first kappa shape index (κ1) is 20.0. The molecule has 2 rings (SSSR count). The second-order valence-corrected chi connectivity index (χ2v) is 8.50. The Bertz CT molecular complexity index is 470. The minimum absolute atomic E-state index is 0.0341. The summed E-state index contributed by atoms with van der Waals surface area (Å²) < 4.78 is 5.25. The minimum atomic E-state index is -0.966. The van der Waals surface area contributed by atoms with Crippen molar-refractivity contribution in [2.24, 2.45) is 5.92 Å². The number of carbonyl (C=O) groups excluding carboxylic acids is 1. The topological polar surface area (TPSA) is 78.9 Å². The van der Waals surface area contributed by atoms with Gasteiger partial charge in [-0.2, -0.15) is 0 Å². The van der Waals surface area contributed by atoms with Crippen LogP contribution in [0.1, 0.15) is 73.1 Å². The van der Waals surface area contributed by atoms with E-state index in [0.29, 0.717) is 18.1 Å². The molecule has 0 aromatic heterocycles. The third-order valence-corrected chi connectivity index (χ3v) is 5.60. The second kappa shape index (κ2) is 7.94. The molecule has 6 heteroatoms. The number of amides is 1. The number of fused-ring (bicyclic) bond motifs is 2. The molecule has 0 saturated carbocycles. The van der Waals surface area contributed by atoms with Gasteiger partial charge in [-0.25, -0.2) is 9.59 Å². The molecule has 2 saturated heterocycles. The molecule has 2 N–H and O–H groups in total. The lowest BCUT2D eigenvalue weighted by Gasteiger charge is -2.44. The van der Waals surface area contributed by atoms with Crippen LogP contribution in [0.2, 0.25) is 0 Å². The number of aliphatic carboxylic acids is 1. The molecule has 2 fully saturated rings. The first-order chi connectivity index (χ1) is 11.7. The summed E-state index contributed by atoms with van der Waals surface area (Å²) in [6, 6.07) is 0.592. The Morgan fingerprint density at radius 3 is 2.08 bits per heavy atom. The molecule has 2 unspecified atom stereocenters. The predicted molar refractivity (Wildman–Crippen MR) is 96.5 cm³/mol. The van der Waals surface area contributed by atoms with E-state index in [0.717, 1.165) is 38.5 Å². The SMILES string of the molecule is CCC(CC)N1C2CCC1CC([C@H](NC(=O)OC(C)(C)C)C(=O)O)C2. The predicted octanol–water partition coefficient (Wildman–Crippen LogP) is 3.40. The van der Waals surface area contributed by atoms with Gasteiger partial charge in [0.15, 0.2) is 0 Å². The fourth-order valence-electron chi connectivity index (χ4n) is 4.65. The van der Waals surface area contributed by atoms with E-state index in [-0.39, 0.29) is 5.92 Å². The summed E-state index contributed by atoms with van der Waals surface area (Å²) in [6.45, 7) is 9.78. The van der Waals surface area contributed by atoms with Crippen LogP contribution in [0, 0.1) is 5.92 Å². The first-order valence-electron chi connectivity index (χ1n) is 9.66. The Morgan fingerprint density at radius 2 is 1.68 bits per heavy atom. The molecular formula is C19H34N2O4. The molecule has 0 aliphatic carbocycles. The highest BCUT2D eigenvalue weighted by molar-refractivity contribution is 5.80. The van der Waals surface area contributed by atoms with Crippen LogP contribution in [0.5, 0.6) is 0 Å². The normalized spacial score (nSPS) is 28.0. The number of nitrogens with zero attached hydrogens (tertiary/aromatic N) is 1. The summed E-state index contributed by atoms with van der Waals surface area (Å²) in [7, 11) is 0. The standard InChI is InChI=1S/C19H34N2O4/c1-6-13(7-2)21-14-8-9-15(21)11-12(10-14)16(17(22)23)20-18(24)25-19(3,4)5/h12-16H,6-11H2,1-5H3,(H,20,24)(H,22,23)/t12?,14?,15?,16-/m0/s1. The van der Waals surface area contributed by atoms with Crippen molar-refractivity contribution in [1.82, 2.24) is 10.2 Å². The highest BCUT2D eigenvalue weighted by atomic mass is 16.6. The molecule has 0 aromatic carbocycles. The van der Waals surface area contributed by atoms with Crippen molar-refractivity contribution in [3.8, 4) is 0 Å². The summed E-state index contributed by atoms with van der Waals surface area (Å²) in [5.41, 5.74) is -0.634. The van der Waals surface area contributed by atoms with Crippen LogP contribution in [0.25, 0.3) is 0 Å². The number of hydrogen-bond donors (Lipinski definition) is 2. The van der Waals surface area contributed by atoms with E-state index < -0.39 is 23.7 Å². The third kappa shape index (κ3) is 4.87. The van der Waals surface area contributed by atoms with Crippen LogP contribution in [0.4, 0.5) is 4.79 Å². The fraction of sp³-hybridized carbons (Fsp3) is 0.895. The molecular weight excluding hydrogens is 320 g/mol. The van der Waals surface area contributed by atoms with E-state index in [1.807, 2.05) is 0 Å². The Kier molecular flexibility index (Phi) is 6.35. The van der Waals surface area contributed by atoms with Gasteiger partial charge >= 0.3 is 12.1 Å². The van der Waals surface area contributed by atoms with E-state index in [1.165, 1.54) is 0 Å². The van der Waals surface area contributed by atoms with E-state index in [9.17, 15) is 14.7 Å². The average Bonchev–Trinajstić information content (AvgIpc) is 2.75. The van der Waals surface area contributed by atoms with E-state index in [4.69, 9.17) is 4.74 Å². The lowest BCUT2D eigenvalue weighted by molar-refractivity contribution is -0.142. The fourth-order valence-corrected chi connectivity index (χ4v) is 4.65. The Hall–Kier alpha value is -1.30. The zero-order chi connectivity index (χ0) is 18.8. The number of nitrogens with one attached hydrogen (secondary N) is 1. The van der Waals surface area contributed by atoms with Crippen LogP contribution >= 0.6 is 0 Å². The van der Waals surface area contributed by atoms with Gasteiger partial charge in [0.25, 0.3) is 0 Å². The monoisotopic (exact) mass is 354 g/mol. The third-order valence-electron chi connectivity index (χ3n) is 5.60. The van der Waals surface area contributed by atoms with Gasteiger partial charge in [-0.1, -0.05) is 13.8 Å². The molecule has 25 heavy (non-hydrogen) atoms. The van der Waals surface area contributed by atoms with Gasteiger partial charge in [0.1, 0.15) is 11.6 Å². The minimum Gasteiger partial charge on any atom is -0.480 e. The van der Waals surface area contributed by atoms with Crippen molar-refractivity contribution in [2.75, 3.05) is 0 Å². The molecule has 2 bridgehead atoms. The highest BCUT2D eigenvalue weighted by Gasteiger charge is 2.46. The number of ether oxygens (including phenoxy) is 1. The second-order valence-electron chi connectivity index (χ2n) is 8.50. The van der Waals surface area contributed by atoms with Crippen molar-refractivity contribution in [3.63, 3.8) is 0 Å². The molecule has 6 nitrogen and oxygen atoms in total. The maximum Gasteiger partial charge on any atom is 0.408 e. The van der Waals surface area contributed by atoms with Crippen LogP contribution in [-0.2, 0) is 9.53 Å². The number of carbonyl (C=O) groups is 2. The Labute approximate surface area is 151 Å². The summed E-state index contributed by atoms with van der Waals surface area (Å²) in [6.07, 6.45) is 5.56. The number of hydrogen-bond acceptors (Lipinski definition) is 4. The zero-order valence-electron chi connectivity index (χ0n) is 16.2. The van der Waals surface area contributed by atoms with Gasteiger partial charge in [0.2, 0.25) is 0 Å². The van der Waals surface area contributed by atoms with Crippen LogP contribution in [0.3, 0.4) is 0 Å². The number of piperidine rings is 1. The highest BCUT2D eigenvalue weighted by Crippen LogP contribution is 2.42. The molecule has 2 aliphatic heterocycles. The molecule has 2 heterocycles. The zero-order valence-corrected chi connectivity index (χ0v) is 16.2. The molecule has 1 amide bonds. The van der Waals surface area contributed by atoms with Gasteiger partial charge in [-0.15, -0.1) is 0 Å². The summed E-state index contributed by atoms with van der Waals surface area (Å²) >= 11 is 0. The van der Waals surface area contributed by atoms with E-state index in [2.05, 4.69) is 24.1 Å². The van der Waals surface area contributed by atoms with Crippen molar-refractivity contribution >= 4 is 12.1 Å². The molecule has 2 aliphatic rings. The first-order valence-corrected chi connectivity index (χ1v) is 9.66. The smallest absolute Gasteiger partial charge is 0.408 e. The number of carboxylic acids is 1. The van der Waals surface area contributed by atoms with Crippen molar-refractivity contribution in [1.29, 1.82) is 0 Å². The van der Waals surface area contributed by atoms with Crippen LogP contribution in [0.15, 0.2) is 0 Å². The maximum absolute atomic E-state index is 12.1. The van der Waals surface area contributed by atoms with Gasteiger partial charge in [-0.3, -0.25) is 4.90 Å². The maximum atomic E-state index is 12.1. The molecule has 0 spiro atoms. The molecule has 0 aromatic rings. The van der Waals surface area contributed by atoms with Crippen molar-refractivity contribution in [3.05, 3.63) is 0 Å². The van der Waals surface area contributed by atoms with Gasteiger partial charge < -0.3 is 15.2 Å².